The molecular weight excluding hydrogens is 290 g/mol. The van der Waals surface area contributed by atoms with Gasteiger partial charge in [-0.2, -0.15) is 0 Å². The van der Waals surface area contributed by atoms with Crippen LogP contribution in [0.4, 0.5) is 17.1 Å². The number of anilines is 2. The fourth-order valence-electron chi connectivity index (χ4n) is 2.39. The number of nitrogens with zero attached hydrogens (tertiary/aromatic N) is 1. The Bertz CT molecular complexity index is 588. The van der Waals surface area contributed by atoms with Crippen LogP contribution < -0.4 is 11.5 Å². The van der Waals surface area contributed by atoms with Crippen LogP contribution >= 0.6 is 0 Å². The molecule has 1 aromatic carbocycles. The van der Waals surface area contributed by atoms with E-state index < -0.39 is 4.92 Å². The molecular formula is C18H27N3O2. The predicted molar refractivity (Wildman–Crippen MR) is 96.0 cm³/mol. The SMILES string of the molecule is CCCCCCCCC(C)C#Cc1cc(N)c(N)c([N+](=O)[O-])c1. The number of unbranched alkanes of at least 4 members (excludes halogenated alkanes) is 5. The van der Waals surface area contributed by atoms with Crippen molar-refractivity contribution < 1.29 is 4.92 Å². The molecule has 0 radical (unpaired) electrons. The summed E-state index contributed by atoms with van der Waals surface area (Å²) >= 11 is 0. The second-order valence-corrected chi connectivity index (χ2v) is 5.98. The summed E-state index contributed by atoms with van der Waals surface area (Å²) in [6, 6.07) is 2.98. The van der Waals surface area contributed by atoms with Gasteiger partial charge in [0.1, 0.15) is 5.69 Å². The Morgan fingerprint density at radius 3 is 2.48 bits per heavy atom. The fourth-order valence-corrected chi connectivity index (χ4v) is 2.39. The normalized spacial score (nSPS) is 11.6. The van der Waals surface area contributed by atoms with Crippen molar-refractivity contribution in [3.05, 3.63) is 27.8 Å². The van der Waals surface area contributed by atoms with E-state index >= 15 is 0 Å². The number of hydrogen-bond donors (Lipinski definition) is 2. The van der Waals surface area contributed by atoms with E-state index in [0.717, 1.165) is 6.42 Å². The highest BCUT2D eigenvalue weighted by Crippen LogP contribution is 2.28. The van der Waals surface area contributed by atoms with Gasteiger partial charge in [-0.1, -0.05) is 64.2 Å². The molecule has 0 fully saturated rings. The molecule has 0 bridgehead atoms. The lowest BCUT2D eigenvalue weighted by Crippen LogP contribution is -2.01. The molecule has 0 aliphatic heterocycles. The third-order valence-corrected chi connectivity index (χ3v) is 3.84. The first kappa shape index (κ1) is 18.8. The zero-order valence-electron chi connectivity index (χ0n) is 14.1. The van der Waals surface area contributed by atoms with E-state index in [1.54, 1.807) is 6.07 Å². The number of benzene rings is 1. The first-order valence-electron chi connectivity index (χ1n) is 8.30. The topological polar surface area (TPSA) is 95.2 Å². The van der Waals surface area contributed by atoms with Gasteiger partial charge in [0.2, 0.25) is 0 Å². The molecule has 0 spiro atoms. The summed E-state index contributed by atoms with van der Waals surface area (Å²) < 4.78 is 0. The maximum atomic E-state index is 10.9. The maximum Gasteiger partial charge on any atom is 0.295 e. The average Bonchev–Trinajstić information content (AvgIpc) is 2.51. The zero-order chi connectivity index (χ0) is 17.2. The van der Waals surface area contributed by atoms with E-state index in [1.807, 2.05) is 0 Å². The van der Waals surface area contributed by atoms with Gasteiger partial charge < -0.3 is 11.5 Å². The van der Waals surface area contributed by atoms with E-state index in [-0.39, 0.29) is 23.0 Å². The van der Waals surface area contributed by atoms with Gasteiger partial charge in [0, 0.05) is 17.5 Å². The van der Waals surface area contributed by atoms with Crippen LogP contribution in [0.5, 0.6) is 0 Å². The number of hydrogen-bond acceptors (Lipinski definition) is 4. The predicted octanol–water partition coefficient (Wildman–Crippen LogP) is 4.50. The molecule has 0 amide bonds. The van der Waals surface area contributed by atoms with Gasteiger partial charge in [0.15, 0.2) is 0 Å². The van der Waals surface area contributed by atoms with Crippen molar-refractivity contribution in [1.82, 2.24) is 0 Å². The molecule has 1 aromatic rings. The second kappa shape index (κ2) is 9.73. The molecule has 0 aromatic heterocycles. The summed E-state index contributed by atoms with van der Waals surface area (Å²) in [5.74, 6) is 6.39. The molecule has 0 saturated carbocycles. The molecule has 0 saturated heterocycles. The van der Waals surface area contributed by atoms with Gasteiger partial charge in [-0.15, -0.1) is 0 Å². The molecule has 4 N–H and O–H groups in total. The Hall–Kier alpha value is -2.22. The van der Waals surface area contributed by atoms with Crippen LogP contribution in [0.15, 0.2) is 12.1 Å². The smallest absolute Gasteiger partial charge is 0.295 e. The summed E-state index contributed by atoms with van der Waals surface area (Å²) in [6.45, 7) is 4.29. The molecule has 5 nitrogen and oxygen atoms in total. The van der Waals surface area contributed by atoms with Crippen molar-refractivity contribution >= 4 is 17.1 Å². The van der Waals surface area contributed by atoms with Crippen LogP contribution in [-0.4, -0.2) is 4.92 Å². The quantitative estimate of drug-likeness (QED) is 0.243. The number of nitro groups is 1. The minimum absolute atomic E-state index is 0.000628. The zero-order valence-corrected chi connectivity index (χ0v) is 14.1. The van der Waals surface area contributed by atoms with Crippen LogP contribution in [0.2, 0.25) is 0 Å². The van der Waals surface area contributed by atoms with Gasteiger partial charge in [-0.25, -0.2) is 0 Å². The van der Waals surface area contributed by atoms with Gasteiger partial charge in [0.25, 0.3) is 5.69 Å². The first-order valence-corrected chi connectivity index (χ1v) is 8.30. The van der Waals surface area contributed by atoms with Gasteiger partial charge in [-0.05, 0) is 12.5 Å². The highest BCUT2D eigenvalue weighted by Gasteiger charge is 2.14. The van der Waals surface area contributed by atoms with Crippen LogP contribution in [0, 0.1) is 27.9 Å². The molecule has 126 valence electrons. The minimum atomic E-state index is -0.531. The third-order valence-electron chi connectivity index (χ3n) is 3.84. The van der Waals surface area contributed by atoms with Crippen molar-refractivity contribution in [1.29, 1.82) is 0 Å². The standard InChI is InChI=1S/C18H27N3O2/c1-3-4-5-6-7-8-9-14(2)10-11-15-12-16(19)18(20)17(13-15)21(22)23/h12-14H,3-9,19-20H2,1-2H3. The number of nitro benzene ring substituents is 1. The van der Waals surface area contributed by atoms with Crippen molar-refractivity contribution in [2.45, 2.75) is 58.8 Å². The molecule has 1 unspecified atom stereocenters. The van der Waals surface area contributed by atoms with Crippen LogP contribution in [-0.2, 0) is 0 Å². The maximum absolute atomic E-state index is 10.9. The molecule has 0 heterocycles. The van der Waals surface area contributed by atoms with Crippen molar-refractivity contribution in [3.8, 4) is 11.8 Å². The van der Waals surface area contributed by atoms with Crippen molar-refractivity contribution in [2.75, 3.05) is 11.5 Å². The van der Waals surface area contributed by atoms with E-state index in [9.17, 15) is 10.1 Å². The Kier molecular flexibility index (Phi) is 7.96. The van der Waals surface area contributed by atoms with E-state index in [0.29, 0.717) is 5.56 Å². The number of rotatable bonds is 8. The highest BCUT2D eigenvalue weighted by molar-refractivity contribution is 5.76. The third kappa shape index (κ3) is 6.60. The van der Waals surface area contributed by atoms with Crippen LogP contribution in [0.1, 0.15) is 64.4 Å². The fraction of sp³-hybridized carbons (Fsp3) is 0.556. The summed E-state index contributed by atoms with van der Waals surface area (Å²) in [5.41, 5.74) is 11.9. The molecule has 0 aliphatic rings. The lowest BCUT2D eigenvalue weighted by molar-refractivity contribution is -0.383. The van der Waals surface area contributed by atoms with Crippen molar-refractivity contribution in [3.63, 3.8) is 0 Å². The molecule has 23 heavy (non-hydrogen) atoms. The summed E-state index contributed by atoms with van der Waals surface area (Å²) in [7, 11) is 0. The van der Waals surface area contributed by atoms with Gasteiger partial charge >= 0.3 is 0 Å². The largest absolute Gasteiger partial charge is 0.397 e. The Balaban J connectivity index is 2.56. The Morgan fingerprint density at radius 1 is 1.17 bits per heavy atom. The van der Waals surface area contributed by atoms with Crippen LogP contribution in [0.25, 0.3) is 0 Å². The van der Waals surface area contributed by atoms with E-state index in [2.05, 4.69) is 25.7 Å². The monoisotopic (exact) mass is 317 g/mol. The number of nitrogens with two attached hydrogens (primary N) is 2. The Morgan fingerprint density at radius 2 is 1.83 bits per heavy atom. The Labute approximate surface area is 138 Å². The van der Waals surface area contributed by atoms with Gasteiger partial charge in [0.05, 0.1) is 10.6 Å². The molecule has 1 atom stereocenters. The summed E-state index contributed by atoms with van der Waals surface area (Å²) in [6.07, 6.45) is 8.63. The highest BCUT2D eigenvalue weighted by atomic mass is 16.6. The number of nitrogen functional groups attached to an aromatic ring is 2. The summed E-state index contributed by atoms with van der Waals surface area (Å²) in [4.78, 5) is 10.4. The summed E-state index contributed by atoms with van der Waals surface area (Å²) in [5, 5.41) is 10.9. The van der Waals surface area contributed by atoms with Crippen LogP contribution in [0.3, 0.4) is 0 Å². The molecule has 1 rings (SSSR count). The second-order valence-electron chi connectivity index (χ2n) is 5.98. The van der Waals surface area contributed by atoms with Crippen molar-refractivity contribution in [2.24, 2.45) is 5.92 Å². The lowest BCUT2D eigenvalue weighted by atomic mass is 10.0. The minimum Gasteiger partial charge on any atom is -0.397 e. The molecule has 0 aliphatic carbocycles. The van der Waals surface area contributed by atoms with E-state index in [1.165, 1.54) is 44.6 Å². The molecule has 5 heteroatoms. The van der Waals surface area contributed by atoms with Gasteiger partial charge in [-0.3, -0.25) is 10.1 Å². The first-order chi connectivity index (χ1) is 11.0. The van der Waals surface area contributed by atoms with E-state index in [4.69, 9.17) is 11.5 Å². The average molecular weight is 317 g/mol. The lowest BCUT2D eigenvalue weighted by Gasteiger charge is -2.04.